The van der Waals surface area contributed by atoms with Crippen LogP contribution in [-0.2, 0) is 4.79 Å². The molecule has 0 aliphatic heterocycles. The average molecular weight is 235 g/mol. The summed E-state index contributed by atoms with van der Waals surface area (Å²) >= 11 is 1.53. The molecule has 5 heteroatoms. The molecule has 0 aromatic rings. The third-order valence-corrected chi connectivity index (χ3v) is 3.05. The van der Waals surface area contributed by atoms with Gasteiger partial charge >= 0.3 is 0 Å². The molecular weight excluding hydrogens is 214 g/mol. The Morgan fingerprint density at radius 3 is 2.00 bits per heavy atom. The lowest BCUT2D eigenvalue weighted by atomic mass is 10.1. The molecule has 0 saturated carbocycles. The van der Waals surface area contributed by atoms with E-state index in [1.54, 1.807) is 6.92 Å². The maximum atomic E-state index is 11.5. The summed E-state index contributed by atoms with van der Waals surface area (Å²) in [5.41, 5.74) is -0.921. The Labute approximate surface area is 95.4 Å². The molecule has 0 fully saturated rings. The zero-order valence-electron chi connectivity index (χ0n) is 9.83. The number of aliphatic hydroxyl groups is 2. The van der Waals surface area contributed by atoms with Crippen LogP contribution in [0.1, 0.15) is 27.7 Å². The normalized spacial score (nSPS) is 12.7. The molecular formula is C10H21NO3S. The highest BCUT2D eigenvalue weighted by Crippen LogP contribution is 2.22. The van der Waals surface area contributed by atoms with Gasteiger partial charge in [-0.25, -0.2) is 0 Å². The number of rotatable bonds is 5. The fourth-order valence-corrected chi connectivity index (χ4v) is 1.42. The van der Waals surface area contributed by atoms with Crippen molar-refractivity contribution in [3.05, 3.63) is 0 Å². The van der Waals surface area contributed by atoms with E-state index in [0.29, 0.717) is 5.75 Å². The monoisotopic (exact) mass is 235 g/mol. The molecule has 0 saturated heterocycles. The highest BCUT2D eigenvalue weighted by Gasteiger charge is 2.25. The van der Waals surface area contributed by atoms with Crippen LogP contribution in [0.5, 0.6) is 0 Å². The number of hydrogen-bond donors (Lipinski definition) is 3. The maximum Gasteiger partial charge on any atom is 0.230 e. The Bertz CT molecular complexity index is 209. The number of aliphatic hydroxyl groups excluding tert-OH is 2. The quantitative estimate of drug-likeness (QED) is 0.644. The van der Waals surface area contributed by atoms with Crippen molar-refractivity contribution in [1.82, 2.24) is 5.32 Å². The molecule has 0 unspecified atom stereocenters. The van der Waals surface area contributed by atoms with Gasteiger partial charge < -0.3 is 15.5 Å². The van der Waals surface area contributed by atoms with Gasteiger partial charge in [-0.15, -0.1) is 11.8 Å². The summed E-state index contributed by atoms with van der Waals surface area (Å²) in [7, 11) is 0. The van der Waals surface area contributed by atoms with Crippen LogP contribution in [0.15, 0.2) is 0 Å². The zero-order chi connectivity index (χ0) is 12.1. The minimum atomic E-state index is -0.921. The summed E-state index contributed by atoms with van der Waals surface area (Å²) < 4.78 is 0.0339. The van der Waals surface area contributed by atoms with Crippen LogP contribution < -0.4 is 5.32 Å². The average Bonchev–Trinajstić information content (AvgIpc) is 2.13. The number of hydrogen-bond acceptors (Lipinski definition) is 4. The lowest BCUT2D eigenvalue weighted by Gasteiger charge is -2.27. The number of thioether (sulfide) groups is 1. The topological polar surface area (TPSA) is 69.6 Å². The molecule has 0 bridgehead atoms. The Morgan fingerprint density at radius 2 is 1.67 bits per heavy atom. The van der Waals surface area contributed by atoms with Crippen molar-refractivity contribution < 1.29 is 15.0 Å². The molecule has 4 nitrogen and oxygen atoms in total. The van der Waals surface area contributed by atoms with Crippen LogP contribution in [-0.4, -0.2) is 45.4 Å². The highest BCUT2D eigenvalue weighted by atomic mass is 32.2. The molecule has 0 aliphatic carbocycles. The lowest BCUT2D eigenvalue weighted by molar-refractivity contribution is -0.121. The van der Waals surface area contributed by atoms with Crippen molar-refractivity contribution in [2.45, 2.75) is 38.0 Å². The van der Waals surface area contributed by atoms with E-state index in [1.165, 1.54) is 11.8 Å². The number of carbonyl (C=O) groups is 1. The van der Waals surface area contributed by atoms with Crippen molar-refractivity contribution in [3.8, 4) is 0 Å². The van der Waals surface area contributed by atoms with E-state index in [1.807, 2.05) is 20.8 Å². The minimum Gasteiger partial charge on any atom is -0.394 e. The van der Waals surface area contributed by atoms with Gasteiger partial charge in [-0.3, -0.25) is 4.79 Å². The molecule has 0 spiro atoms. The van der Waals surface area contributed by atoms with Crippen molar-refractivity contribution in [3.63, 3.8) is 0 Å². The molecule has 0 atom stereocenters. The highest BCUT2D eigenvalue weighted by molar-refractivity contribution is 8.01. The second kappa shape index (κ2) is 5.72. The Balaban J connectivity index is 4.04. The van der Waals surface area contributed by atoms with Gasteiger partial charge in [0.05, 0.1) is 24.5 Å². The van der Waals surface area contributed by atoms with Crippen LogP contribution in [0, 0.1) is 0 Å². The summed E-state index contributed by atoms with van der Waals surface area (Å²) in [6, 6.07) is 0. The Hall–Kier alpha value is -0.260. The molecule has 0 heterocycles. The van der Waals surface area contributed by atoms with Crippen molar-refractivity contribution in [1.29, 1.82) is 0 Å². The molecule has 90 valence electrons. The second-order valence-electron chi connectivity index (χ2n) is 4.83. The summed E-state index contributed by atoms with van der Waals surface area (Å²) in [5.74, 6) is 0.166. The van der Waals surface area contributed by atoms with Crippen LogP contribution in [0.4, 0.5) is 0 Å². The van der Waals surface area contributed by atoms with Gasteiger partial charge in [0.1, 0.15) is 0 Å². The third-order valence-electron chi connectivity index (χ3n) is 1.78. The zero-order valence-corrected chi connectivity index (χ0v) is 10.6. The second-order valence-corrected chi connectivity index (χ2v) is 6.63. The van der Waals surface area contributed by atoms with Crippen molar-refractivity contribution in [2.75, 3.05) is 19.0 Å². The first kappa shape index (κ1) is 14.7. The van der Waals surface area contributed by atoms with Crippen LogP contribution >= 0.6 is 11.8 Å². The first-order chi connectivity index (χ1) is 6.72. The summed E-state index contributed by atoms with van der Waals surface area (Å²) in [6.45, 7) is 7.16. The largest absolute Gasteiger partial charge is 0.394 e. The number of carbonyl (C=O) groups excluding carboxylic acids is 1. The Kier molecular flexibility index (Phi) is 5.62. The van der Waals surface area contributed by atoms with E-state index in [9.17, 15) is 4.79 Å². The van der Waals surface area contributed by atoms with Crippen molar-refractivity contribution >= 4 is 17.7 Å². The third kappa shape index (κ3) is 6.76. The number of nitrogens with one attached hydrogen (secondary N) is 1. The fourth-order valence-electron chi connectivity index (χ4n) is 0.784. The molecule has 15 heavy (non-hydrogen) atoms. The first-order valence-electron chi connectivity index (χ1n) is 4.89. The van der Waals surface area contributed by atoms with E-state index in [-0.39, 0.29) is 23.9 Å². The fraction of sp³-hybridized carbons (Fsp3) is 0.900. The van der Waals surface area contributed by atoms with Gasteiger partial charge in [0, 0.05) is 4.75 Å². The van der Waals surface area contributed by atoms with Gasteiger partial charge in [0.25, 0.3) is 0 Å². The van der Waals surface area contributed by atoms with E-state index in [2.05, 4.69) is 5.32 Å². The lowest BCUT2D eigenvalue weighted by Crippen LogP contribution is -2.52. The summed E-state index contributed by atoms with van der Waals surface area (Å²) in [6.07, 6.45) is 0. The standard InChI is InChI=1S/C10H21NO3S/c1-9(2,3)15-5-8(14)11-10(4,6-12)7-13/h12-13H,5-7H2,1-4H3,(H,11,14). The van der Waals surface area contributed by atoms with Crippen LogP contribution in [0.2, 0.25) is 0 Å². The predicted octanol–water partition coefficient (Wildman–Crippen LogP) is 0.378. The van der Waals surface area contributed by atoms with Crippen LogP contribution in [0.3, 0.4) is 0 Å². The van der Waals surface area contributed by atoms with Gasteiger partial charge in [-0.1, -0.05) is 20.8 Å². The van der Waals surface area contributed by atoms with Gasteiger partial charge in [0.2, 0.25) is 5.91 Å². The van der Waals surface area contributed by atoms with Crippen LogP contribution in [0.25, 0.3) is 0 Å². The van der Waals surface area contributed by atoms with E-state index in [0.717, 1.165) is 0 Å². The van der Waals surface area contributed by atoms with E-state index >= 15 is 0 Å². The molecule has 0 radical (unpaired) electrons. The van der Waals surface area contributed by atoms with Crippen molar-refractivity contribution in [2.24, 2.45) is 0 Å². The molecule has 1 amide bonds. The molecule has 0 aliphatic rings. The van der Waals surface area contributed by atoms with E-state index in [4.69, 9.17) is 10.2 Å². The van der Waals surface area contributed by atoms with Gasteiger partial charge in [-0.2, -0.15) is 0 Å². The van der Waals surface area contributed by atoms with Gasteiger partial charge in [-0.05, 0) is 6.92 Å². The minimum absolute atomic E-state index is 0.0339. The van der Waals surface area contributed by atoms with E-state index < -0.39 is 5.54 Å². The summed E-state index contributed by atoms with van der Waals surface area (Å²) in [5, 5.41) is 20.6. The predicted molar refractivity (Wildman–Crippen MR) is 62.9 cm³/mol. The molecule has 0 rings (SSSR count). The number of amides is 1. The van der Waals surface area contributed by atoms with Gasteiger partial charge in [0.15, 0.2) is 0 Å². The smallest absolute Gasteiger partial charge is 0.230 e. The molecule has 0 aromatic carbocycles. The SMILES string of the molecule is CC(CO)(CO)NC(=O)CSC(C)(C)C. The molecule has 0 aromatic heterocycles. The summed E-state index contributed by atoms with van der Waals surface area (Å²) in [4.78, 5) is 11.5. The molecule has 3 N–H and O–H groups in total. The Morgan fingerprint density at radius 1 is 1.20 bits per heavy atom. The maximum absolute atomic E-state index is 11.5. The first-order valence-corrected chi connectivity index (χ1v) is 5.88.